The predicted molar refractivity (Wildman–Crippen MR) is 132 cm³/mol. The van der Waals surface area contributed by atoms with Gasteiger partial charge in [-0.2, -0.15) is 5.10 Å². The van der Waals surface area contributed by atoms with E-state index in [9.17, 15) is 4.79 Å². The fourth-order valence-electron chi connectivity index (χ4n) is 4.64. The predicted octanol–water partition coefficient (Wildman–Crippen LogP) is 5.29. The van der Waals surface area contributed by atoms with Gasteiger partial charge in [0.1, 0.15) is 16.2 Å². The van der Waals surface area contributed by atoms with Gasteiger partial charge in [-0.1, -0.05) is 30.2 Å². The van der Waals surface area contributed by atoms with E-state index < -0.39 is 11.6 Å². The normalized spacial score (nSPS) is 22.3. The molecule has 1 aliphatic rings. The molecule has 0 aliphatic heterocycles. The maximum Gasteiger partial charge on any atom is 0.191 e. The zero-order chi connectivity index (χ0) is 23.7. The van der Waals surface area contributed by atoms with Crippen molar-refractivity contribution in [3.63, 3.8) is 0 Å². The lowest BCUT2D eigenvalue weighted by molar-refractivity contribution is 0.0357. The number of ketones is 1. The summed E-state index contributed by atoms with van der Waals surface area (Å²) in [6.45, 7) is 1.56. The maximum atomic E-state index is 15.2. The number of hydrogen-bond acceptors (Lipinski definition) is 5. The maximum absolute atomic E-state index is 15.2. The molecule has 0 bridgehead atoms. The summed E-state index contributed by atoms with van der Waals surface area (Å²) in [6, 6.07) is 15.1. The monoisotopic (exact) mass is 472 g/mol. The summed E-state index contributed by atoms with van der Waals surface area (Å²) in [4.78, 5) is 18.7. The number of thiazole rings is 1. The Kier molecular flexibility index (Phi) is 6.03. The Morgan fingerprint density at radius 1 is 1.24 bits per heavy atom. The zero-order valence-electron chi connectivity index (χ0n) is 18.9. The number of nitrogens with zero attached hydrogens (tertiary/aromatic N) is 3. The number of benzene rings is 1. The molecule has 1 fully saturated rings. The van der Waals surface area contributed by atoms with Crippen molar-refractivity contribution >= 4 is 22.6 Å². The lowest BCUT2D eigenvalue weighted by Gasteiger charge is -2.38. The summed E-state index contributed by atoms with van der Waals surface area (Å²) >= 11 is 1.25. The van der Waals surface area contributed by atoms with Crippen molar-refractivity contribution in [2.45, 2.75) is 44.3 Å². The molecule has 4 aromatic rings. The molecule has 3 heterocycles. The Balaban J connectivity index is 1.54. The van der Waals surface area contributed by atoms with Crippen LogP contribution in [0.3, 0.4) is 0 Å². The first-order valence-electron chi connectivity index (χ1n) is 11.4. The third-order valence-corrected chi connectivity index (χ3v) is 7.55. The quantitative estimate of drug-likeness (QED) is 0.324. The molecule has 34 heavy (non-hydrogen) atoms. The first kappa shape index (κ1) is 22.5. The average molecular weight is 473 g/mol. The van der Waals surface area contributed by atoms with Gasteiger partial charge in [0.05, 0.1) is 11.7 Å². The second kappa shape index (κ2) is 9.13. The molecule has 0 radical (unpaired) electrons. The van der Waals surface area contributed by atoms with Crippen LogP contribution in [-0.2, 0) is 0 Å². The molecule has 0 saturated heterocycles. The van der Waals surface area contributed by atoms with E-state index in [-0.39, 0.29) is 18.2 Å². The molecule has 5 rings (SSSR count). The molecule has 5 nitrogen and oxygen atoms in total. The van der Waals surface area contributed by atoms with Crippen molar-refractivity contribution in [3.8, 4) is 23.1 Å². The van der Waals surface area contributed by atoms with Crippen LogP contribution in [0.15, 0.2) is 60.9 Å². The van der Waals surface area contributed by atoms with Crippen LogP contribution in [0.4, 0.5) is 4.39 Å². The highest BCUT2D eigenvalue weighted by Crippen LogP contribution is 2.39. The van der Waals surface area contributed by atoms with Gasteiger partial charge < -0.3 is 5.73 Å². The Bertz CT molecular complexity index is 1400. The molecular formula is C27H25FN4OS. The third kappa shape index (κ3) is 4.39. The first-order chi connectivity index (χ1) is 16.4. The van der Waals surface area contributed by atoms with Crippen LogP contribution >= 0.6 is 11.3 Å². The fraction of sp³-hybridized carbons (Fsp3) is 0.296. The van der Waals surface area contributed by atoms with Crippen LogP contribution in [0.25, 0.3) is 16.8 Å². The number of carbonyl (C=O) groups is 1. The molecule has 0 spiro atoms. The highest BCUT2D eigenvalue weighted by atomic mass is 32.1. The zero-order valence-corrected chi connectivity index (χ0v) is 19.7. The van der Waals surface area contributed by atoms with E-state index in [4.69, 9.17) is 10.7 Å². The van der Waals surface area contributed by atoms with Gasteiger partial charge in [-0.15, -0.1) is 11.3 Å². The van der Waals surface area contributed by atoms with Gasteiger partial charge in [0.2, 0.25) is 0 Å². The van der Waals surface area contributed by atoms with Gasteiger partial charge in [-0.05, 0) is 56.4 Å². The van der Waals surface area contributed by atoms with Crippen LogP contribution in [0.5, 0.6) is 0 Å². The van der Waals surface area contributed by atoms with Crippen molar-refractivity contribution in [1.82, 2.24) is 14.6 Å². The number of alkyl halides is 1. The van der Waals surface area contributed by atoms with Gasteiger partial charge in [0, 0.05) is 35.7 Å². The van der Waals surface area contributed by atoms with Crippen molar-refractivity contribution in [2.24, 2.45) is 11.7 Å². The molecule has 2 N–H and O–H groups in total. The van der Waals surface area contributed by atoms with Crippen molar-refractivity contribution in [2.75, 3.05) is 0 Å². The summed E-state index contributed by atoms with van der Waals surface area (Å²) in [5.41, 5.74) is 7.94. The molecule has 1 aliphatic carbocycles. The summed E-state index contributed by atoms with van der Waals surface area (Å²) in [5, 5.41) is 4.74. The summed E-state index contributed by atoms with van der Waals surface area (Å²) < 4.78 is 16.9. The number of nitrogens with two attached hydrogens (primary N) is 1. The van der Waals surface area contributed by atoms with E-state index in [2.05, 4.69) is 16.9 Å². The lowest BCUT2D eigenvalue weighted by Crippen LogP contribution is -2.47. The number of Topliss-reactive ketones (excluding diaryl/α,β-unsaturated/α-hetero) is 1. The highest BCUT2D eigenvalue weighted by molar-refractivity contribution is 7.14. The number of fused-ring (bicyclic) bond motifs is 1. The van der Waals surface area contributed by atoms with Crippen molar-refractivity contribution in [1.29, 1.82) is 0 Å². The first-order valence-corrected chi connectivity index (χ1v) is 12.2. The van der Waals surface area contributed by atoms with E-state index >= 15 is 4.39 Å². The summed E-state index contributed by atoms with van der Waals surface area (Å²) in [7, 11) is 0. The van der Waals surface area contributed by atoms with Crippen LogP contribution in [0, 0.1) is 17.8 Å². The van der Waals surface area contributed by atoms with E-state index in [1.807, 2.05) is 54.7 Å². The number of hydrogen-bond donors (Lipinski definition) is 1. The lowest BCUT2D eigenvalue weighted by atomic mass is 9.72. The van der Waals surface area contributed by atoms with Crippen molar-refractivity contribution in [3.05, 3.63) is 76.4 Å². The third-order valence-electron chi connectivity index (χ3n) is 6.54. The number of aromatic nitrogens is 3. The van der Waals surface area contributed by atoms with Crippen LogP contribution in [0.1, 0.15) is 52.8 Å². The number of pyridine rings is 1. The SMILES string of the molecule is CC1(F)CCC[C@@H](N)C1CC(=O)c1nc(-c2cnn3ccccc23)c(C#Cc2ccccc2)s1. The minimum atomic E-state index is -1.45. The van der Waals surface area contributed by atoms with E-state index in [0.29, 0.717) is 22.0 Å². The number of rotatable bonds is 4. The minimum Gasteiger partial charge on any atom is -0.327 e. The molecular weight excluding hydrogens is 447 g/mol. The average Bonchev–Trinajstić information content (AvgIpc) is 3.45. The van der Waals surface area contributed by atoms with Crippen molar-refractivity contribution < 1.29 is 9.18 Å². The van der Waals surface area contributed by atoms with Gasteiger partial charge >= 0.3 is 0 Å². The molecule has 7 heteroatoms. The molecule has 3 atom stereocenters. The Labute approximate surface area is 201 Å². The largest absolute Gasteiger partial charge is 0.327 e. The second-order valence-electron chi connectivity index (χ2n) is 8.97. The molecule has 1 saturated carbocycles. The van der Waals surface area contributed by atoms with E-state index in [0.717, 1.165) is 29.5 Å². The minimum absolute atomic E-state index is 0.0431. The van der Waals surface area contributed by atoms with Crippen LogP contribution in [0.2, 0.25) is 0 Å². The van der Waals surface area contributed by atoms with Gasteiger partial charge in [0.15, 0.2) is 10.8 Å². The van der Waals surface area contributed by atoms with E-state index in [1.54, 1.807) is 17.6 Å². The van der Waals surface area contributed by atoms with Gasteiger partial charge in [-0.25, -0.2) is 13.9 Å². The molecule has 1 aromatic carbocycles. The van der Waals surface area contributed by atoms with E-state index in [1.165, 1.54) is 11.3 Å². The van der Waals surface area contributed by atoms with Crippen LogP contribution in [-0.4, -0.2) is 32.1 Å². The van der Waals surface area contributed by atoms with Gasteiger partial charge in [-0.3, -0.25) is 4.79 Å². The number of halogens is 1. The number of carbonyl (C=O) groups excluding carboxylic acids is 1. The molecule has 0 amide bonds. The van der Waals surface area contributed by atoms with Crippen LogP contribution < -0.4 is 5.73 Å². The highest BCUT2D eigenvalue weighted by Gasteiger charge is 2.42. The summed E-state index contributed by atoms with van der Waals surface area (Å²) in [5.74, 6) is 5.66. The smallest absolute Gasteiger partial charge is 0.191 e. The van der Waals surface area contributed by atoms with Gasteiger partial charge in [0.25, 0.3) is 0 Å². The Morgan fingerprint density at radius 3 is 2.82 bits per heavy atom. The topological polar surface area (TPSA) is 73.3 Å². The fourth-order valence-corrected chi connectivity index (χ4v) is 5.52. The standard InChI is InChI=1S/C27H25FN4OS/c1-27(28)14-7-10-21(29)20(27)16-23(33)26-31-25(19-17-30-32-15-6-5-11-22(19)32)24(34-26)13-12-18-8-3-2-4-9-18/h2-6,8-9,11,15,17,20-21H,7,10,14,16,29H2,1H3/t20?,21-,27?/m1/s1. The Hall–Kier alpha value is -3.34. The second-order valence-corrected chi connectivity index (χ2v) is 9.97. The Morgan fingerprint density at radius 2 is 2.03 bits per heavy atom. The molecule has 172 valence electrons. The molecule has 2 unspecified atom stereocenters. The molecule has 3 aromatic heterocycles. The summed E-state index contributed by atoms with van der Waals surface area (Å²) in [6.07, 6.45) is 5.55.